The van der Waals surface area contributed by atoms with Crippen LogP contribution in [0.5, 0.6) is 0 Å². The van der Waals surface area contributed by atoms with Crippen LogP contribution in [0.3, 0.4) is 0 Å². The average molecular weight is 178 g/mol. The van der Waals surface area contributed by atoms with Crippen LogP contribution in [0.15, 0.2) is 0 Å². The van der Waals surface area contributed by atoms with Gasteiger partial charge in [0.25, 0.3) is 0 Å². The fraction of sp³-hybridized carbons (Fsp3) is 1.00. The van der Waals surface area contributed by atoms with Crippen molar-refractivity contribution in [3.63, 3.8) is 0 Å². The Kier molecular flexibility index (Phi) is 2.88. The minimum atomic E-state index is -4.90. The third kappa shape index (κ3) is 4.78. The first-order valence-electron chi connectivity index (χ1n) is 2.17. The number of alkyl halides is 3. The third-order valence-corrected chi connectivity index (χ3v) is 1.80. The zero-order chi connectivity index (χ0) is 8.41. The number of hydrogen-bond acceptors (Lipinski definition) is 3. The molecule has 0 fully saturated rings. The smallest absolute Gasteiger partial charge is 0.312 e. The van der Waals surface area contributed by atoms with Crippen LogP contribution in [-0.4, -0.2) is 20.1 Å². The van der Waals surface area contributed by atoms with Gasteiger partial charge in [-0.1, -0.05) is 0 Å². The molecule has 0 heterocycles. The van der Waals surface area contributed by atoms with Crippen LogP contribution in [0.25, 0.3) is 0 Å². The molecule has 0 aliphatic rings. The first kappa shape index (κ1) is 9.94. The molecule has 10 heavy (non-hydrogen) atoms. The predicted octanol–water partition coefficient (Wildman–Crippen LogP) is 1.99. The molecule has 1 atom stereocenters. The second-order valence-electron chi connectivity index (χ2n) is 1.49. The maximum Gasteiger partial charge on any atom is 0.529 e. The van der Waals surface area contributed by atoms with Crippen LogP contribution in [0.4, 0.5) is 13.2 Å². The summed E-state index contributed by atoms with van der Waals surface area (Å²) in [4.78, 5) is 0. The zero-order valence-corrected chi connectivity index (χ0v) is 6.20. The largest absolute Gasteiger partial charge is 0.529 e. The summed E-state index contributed by atoms with van der Waals surface area (Å²) in [5, 5.41) is 0. The molecule has 0 aromatic rings. The van der Waals surface area contributed by atoms with Crippen LogP contribution >= 0.6 is 7.60 Å². The second kappa shape index (κ2) is 2.90. The van der Waals surface area contributed by atoms with Gasteiger partial charge < -0.3 is 4.52 Å². The van der Waals surface area contributed by atoms with E-state index in [2.05, 4.69) is 9.05 Å². The van der Waals surface area contributed by atoms with Crippen molar-refractivity contribution in [1.29, 1.82) is 0 Å². The van der Waals surface area contributed by atoms with Gasteiger partial charge in [0.1, 0.15) is 0 Å². The molecule has 0 aliphatic heterocycles. The van der Waals surface area contributed by atoms with Crippen LogP contribution in [0.2, 0.25) is 0 Å². The van der Waals surface area contributed by atoms with Crippen molar-refractivity contribution in [1.82, 2.24) is 0 Å². The second-order valence-corrected chi connectivity index (χ2v) is 3.58. The van der Waals surface area contributed by atoms with E-state index in [4.69, 9.17) is 0 Å². The molecule has 1 unspecified atom stereocenters. The molecule has 0 aliphatic carbocycles. The van der Waals surface area contributed by atoms with Crippen molar-refractivity contribution in [3.05, 3.63) is 0 Å². The Morgan fingerprint density at radius 3 is 1.90 bits per heavy atom. The molecule has 0 saturated carbocycles. The minimum Gasteiger partial charge on any atom is -0.312 e. The molecule has 0 aromatic carbocycles. The van der Waals surface area contributed by atoms with Crippen molar-refractivity contribution >= 4 is 7.60 Å². The van der Waals surface area contributed by atoms with E-state index in [-0.39, 0.29) is 0 Å². The van der Waals surface area contributed by atoms with Crippen molar-refractivity contribution < 1.29 is 26.8 Å². The van der Waals surface area contributed by atoms with Gasteiger partial charge in [0.2, 0.25) is 0 Å². The zero-order valence-electron chi connectivity index (χ0n) is 5.31. The van der Waals surface area contributed by atoms with Gasteiger partial charge >= 0.3 is 14.0 Å². The van der Waals surface area contributed by atoms with Crippen LogP contribution in [-0.2, 0) is 13.6 Å². The average Bonchev–Trinajstić information content (AvgIpc) is 1.60. The Morgan fingerprint density at radius 2 is 1.80 bits per heavy atom. The van der Waals surface area contributed by atoms with Crippen molar-refractivity contribution in [2.24, 2.45) is 0 Å². The van der Waals surface area contributed by atoms with Crippen molar-refractivity contribution in [3.8, 4) is 0 Å². The molecule has 0 bridgehead atoms. The molecule has 0 spiro atoms. The van der Waals surface area contributed by atoms with E-state index in [1.165, 1.54) is 0 Å². The summed E-state index contributed by atoms with van der Waals surface area (Å²) < 4.78 is 51.3. The Bertz CT molecular complexity index is 154. The van der Waals surface area contributed by atoms with E-state index in [0.29, 0.717) is 0 Å². The summed E-state index contributed by atoms with van der Waals surface area (Å²) in [6.07, 6.45) is -4.90. The van der Waals surface area contributed by atoms with E-state index in [1.807, 2.05) is 0 Å². The Hall–Kier alpha value is -0.0600. The molecule has 62 valence electrons. The normalized spacial score (nSPS) is 18.5. The fourth-order valence-corrected chi connectivity index (χ4v) is 0.676. The SMILES string of the molecule is COP(C)(=O)OC(F)(F)F. The standard InChI is InChI=1S/C3H6F3O3P/c1-8-10(2,7)9-3(4,5)6/h1-2H3. The highest BCUT2D eigenvalue weighted by molar-refractivity contribution is 7.52. The molecule has 0 aromatic heterocycles. The fourth-order valence-electron chi connectivity index (χ4n) is 0.225. The molecule has 0 rings (SSSR count). The van der Waals surface area contributed by atoms with Crippen LogP contribution in [0, 0.1) is 0 Å². The highest BCUT2D eigenvalue weighted by Gasteiger charge is 2.37. The van der Waals surface area contributed by atoms with E-state index in [9.17, 15) is 17.7 Å². The van der Waals surface area contributed by atoms with Crippen LogP contribution < -0.4 is 0 Å². The maximum absolute atomic E-state index is 11.3. The number of halogens is 3. The maximum atomic E-state index is 11.3. The summed E-state index contributed by atoms with van der Waals surface area (Å²) in [6, 6.07) is 0. The third-order valence-electron chi connectivity index (χ3n) is 0.601. The summed E-state index contributed by atoms with van der Waals surface area (Å²) in [7, 11) is -3.04. The molecule has 3 nitrogen and oxygen atoms in total. The molecular weight excluding hydrogens is 172 g/mol. The number of hydrogen-bond donors (Lipinski definition) is 0. The minimum absolute atomic E-state index is 0.737. The van der Waals surface area contributed by atoms with Gasteiger partial charge in [-0.3, -0.25) is 4.57 Å². The quantitative estimate of drug-likeness (QED) is 0.606. The van der Waals surface area contributed by atoms with E-state index in [1.54, 1.807) is 0 Å². The molecule has 0 saturated heterocycles. The lowest BCUT2D eigenvalue weighted by Gasteiger charge is -2.12. The molecule has 0 amide bonds. The highest BCUT2D eigenvalue weighted by Crippen LogP contribution is 2.48. The molecular formula is C3H6F3O3P. The summed E-state index contributed by atoms with van der Waals surface area (Å²) >= 11 is 0. The first-order valence-corrected chi connectivity index (χ1v) is 4.16. The van der Waals surface area contributed by atoms with E-state index in [0.717, 1.165) is 13.8 Å². The highest BCUT2D eigenvalue weighted by atomic mass is 31.2. The predicted molar refractivity (Wildman–Crippen MR) is 27.7 cm³/mol. The van der Waals surface area contributed by atoms with E-state index < -0.39 is 14.0 Å². The summed E-state index contributed by atoms with van der Waals surface area (Å²) in [6.45, 7) is 0.737. The monoisotopic (exact) mass is 178 g/mol. The molecule has 7 heteroatoms. The van der Waals surface area contributed by atoms with E-state index >= 15 is 0 Å². The number of rotatable bonds is 2. The molecule has 0 radical (unpaired) electrons. The van der Waals surface area contributed by atoms with Gasteiger partial charge in [0, 0.05) is 13.8 Å². The topological polar surface area (TPSA) is 35.5 Å². The Labute approximate surface area is 55.7 Å². The lowest BCUT2D eigenvalue weighted by Crippen LogP contribution is -2.11. The summed E-state index contributed by atoms with van der Waals surface area (Å²) in [5.41, 5.74) is 0. The van der Waals surface area contributed by atoms with Crippen LogP contribution in [0.1, 0.15) is 0 Å². The van der Waals surface area contributed by atoms with Gasteiger partial charge in [-0.2, -0.15) is 0 Å². The Morgan fingerprint density at radius 1 is 1.40 bits per heavy atom. The lowest BCUT2D eigenvalue weighted by molar-refractivity contribution is -0.277. The Balaban J connectivity index is 4.03. The van der Waals surface area contributed by atoms with Gasteiger partial charge in [-0.15, -0.1) is 13.2 Å². The van der Waals surface area contributed by atoms with Crippen molar-refractivity contribution in [2.75, 3.05) is 13.8 Å². The van der Waals surface area contributed by atoms with Gasteiger partial charge in [-0.05, 0) is 0 Å². The van der Waals surface area contributed by atoms with Gasteiger partial charge in [0.05, 0.1) is 0 Å². The summed E-state index contributed by atoms with van der Waals surface area (Å²) in [5.74, 6) is 0. The van der Waals surface area contributed by atoms with Gasteiger partial charge in [-0.25, -0.2) is 4.52 Å². The van der Waals surface area contributed by atoms with Crippen molar-refractivity contribution in [2.45, 2.75) is 6.36 Å². The molecule has 0 N–H and O–H groups in total. The lowest BCUT2D eigenvalue weighted by atomic mass is 11.4. The first-order chi connectivity index (χ1) is 4.27. The van der Waals surface area contributed by atoms with Gasteiger partial charge in [0.15, 0.2) is 0 Å².